The molecule has 124 valence electrons. The Balaban J connectivity index is 1.58. The predicted molar refractivity (Wildman–Crippen MR) is 87.5 cm³/mol. The summed E-state index contributed by atoms with van der Waals surface area (Å²) in [5.41, 5.74) is 0.409. The van der Waals surface area contributed by atoms with Crippen molar-refractivity contribution in [3.63, 3.8) is 0 Å². The Morgan fingerprint density at radius 3 is 2.88 bits per heavy atom. The van der Waals surface area contributed by atoms with Crippen molar-refractivity contribution in [1.29, 1.82) is 0 Å². The highest BCUT2D eigenvalue weighted by Gasteiger charge is 2.13. The van der Waals surface area contributed by atoms with Gasteiger partial charge in [-0.1, -0.05) is 0 Å². The maximum absolute atomic E-state index is 12.2. The van der Waals surface area contributed by atoms with Crippen LogP contribution in [-0.2, 0) is 0 Å². The fourth-order valence-electron chi connectivity index (χ4n) is 2.10. The Hall–Kier alpha value is -2.52. The molecule has 0 saturated carbocycles. The predicted octanol–water partition coefficient (Wildman–Crippen LogP) is 1.87. The van der Waals surface area contributed by atoms with Gasteiger partial charge >= 0.3 is 0 Å². The van der Waals surface area contributed by atoms with Gasteiger partial charge < -0.3 is 14.8 Å². The third-order valence-corrected chi connectivity index (χ3v) is 3.91. The minimum Gasteiger partial charge on any atom is -0.467 e. The van der Waals surface area contributed by atoms with E-state index in [1.807, 2.05) is 0 Å². The van der Waals surface area contributed by atoms with Gasteiger partial charge in [0.1, 0.15) is 24.5 Å². The number of hydrogen-bond acceptors (Lipinski definition) is 6. The summed E-state index contributed by atoms with van der Waals surface area (Å²) in [6.07, 6.45) is 5.61. The van der Waals surface area contributed by atoms with E-state index >= 15 is 0 Å². The summed E-state index contributed by atoms with van der Waals surface area (Å²) in [4.78, 5) is 16.4. The van der Waals surface area contributed by atoms with E-state index in [9.17, 15) is 9.90 Å². The van der Waals surface area contributed by atoms with Crippen molar-refractivity contribution < 1.29 is 14.3 Å². The molecular weight excluding hydrogens is 378 g/mol. The second-order valence-corrected chi connectivity index (χ2v) is 5.83. The van der Waals surface area contributed by atoms with Crippen molar-refractivity contribution in [2.75, 3.05) is 6.54 Å². The standard InChI is InChI=1S/C15H14BrN5O3/c16-11-6-10(7-18-14(11)21-8-19-20-9-21)15(23)17-4-3-12(22)13-2-1-5-24-13/h1-2,5-9,12,22H,3-4H2,(H,17,23). The van der Waals surface area contributed by atoms with Gasteiger partial charge in [0.2, 0.25) is 0 Å². The van der Waals surface area contributed by atoms with Crippen LogP contribution < -0.4 is 5.32 Å². The minimum absolute atomic E-state index is 0.273. The fraction of sp³-hybridized carbons (Fsp3) is 0.200. The highest BCUT2D eigenvalue weighted by atomic mass is 79.9. The first-order chi connectivity index (χ1) is 11.6. The van der Waals surface area contributed by atoms with Crippen LogP contribution in [0.5, 0.6) is 0 Å². The normalized spacial score (nSPS) is 12.1. The van der Waals surface area contributed by atoms with Crippen LogP contribution in [0.15, 0.2) is 52.2 Å². The number of nitrogens with zero attached hydrogens (tertiary/aromatic N) is 4. The molecule has 0 fully saturated rings. The maximum Gasteiger partial charge on any atom is 0.252 e. The average Bonchev–Trinajstić information content (AvgIpc) is 3.28. The highest BCUT2D eigenvalue weighted by molar-refractivity contribution is 9.10. The van der Waals surface area contributed by atoms with E-state index in [1.165, 1.54) is 25.1 Å². The summed E-state index contributed by atoms with van der Waals surface area (Å²) in [5, 5.41) is 20.1. The lowest BCUT2D eigenvalue weighted by Gasteiger charge is -2.10. The quantitative estimate of drug-likeness (QED) is 0.664. The van der Waals surface area contributed by atoms with Gasteiger partial charge in [-0.25, -0.2) is 4.98 Å². The molecule has 3 rings (SSSR count). The fourth-order valence-corrected chi connectivity index (χ4v) is 2.66. The van der Waals surface area contributed by atoms with Gasteiger partial charge in [-0.3, -0.25) is 9.36 Å². The molecule has 0 aliphatic rings. The van der Waals surface area contributed by atoms with Gasteiger partial charge in [-0.2, -0.15) is 0 Å². The monoisotopic (exact) mass is 391 g/mol. The third kappa shape index (κ3) is 3.69. The number of furan rings is 1. The van der Waals surface area contributed by atoms with Crippen molar-refractivity contribution >= 4 is 21.8 Å². The van der Waals surface area contributed by atoms with Crippen LogP contribution in [0.25, 0.3) is 5.82 Å². The van der Waals surface area contributed by atoms with Crippen molar-refractivity contribution in [2.24, 2.45) is 0 Å². The molecule has 3 heterocycles. The summed E-state index contributed by atoms with van der Waals surface area (Å²) >= 11 is 3.38. The molecule has 0 spiro atoms. The number of pyridine rings is 1. The Morgan fingerprint density at radius 2 is 2.21 bits per heavy atom. The Morgan fingerprint density at radius 1 is 1.42 bits per heavy atom. The first kappa shape index (κ1) is 16.3. The molecule has 0 aliphatic heterocycles. The van der Waals surface area contributed by atoms with Gasteiger partial charge in [-0.15, -0.1) is 10.2 Å². The van der Waals surface area contributed by atoms with Crippen LogP contribution in [-0.4, -0.2) is 37.3 Å². The van der Waals surface area contributed by atoms with Crippen molar-refractivity contribution in [2.45, 2.75) is 12.5 Å². The highest BCUT2D eigenvalue weighted by Crippen LogP contribution is 2.20. The average molecular weight is 392 g/mol. The number of carbonyl (C=O) groups is 1. The molecule has 2 N–H and O–H groups in total. The van der Waals surface area contributed by atoms with E-state index in [4.69, 9.17) is 4.42 Å². The Bertz CT molecular complexity index is 805. The molecule has 1 atom stereocenters. The van der Waals surface area contributed by atoms with Crippen LogP contribution in [0.2, 0.25) is 0 Å². The number of aliphatic hydroxyl groups is 1. The molecule has 1 unspecified atom stereocenters. The summed E-state index contributed by atoms with van der Waals surface area (Å²) in [6, 6.07) is 5.06. The van der Waals surface area contributed by atoms with Crippen LogP contribution in [0, 0.1) is 0 Å². The van der Waals surface area contributed by atoms with Crippen molar-refractivity contribution in [3.8, 4) is 5.82 Å². The third-order valence-electron chi connectivity index (χ3n) is 3.32. The number of rotatable bonds is 6. The molecule has 3 aromatic heterocycles. The first-order valence-corrected chi connectivity index (χ1v) is 7.94. The molecule has 0 saturated heterocycles. The van der Waals surface area contributed by atoms with E-state index in [-0.39, 0.29) is 5.91 Å². The van der Waals surface area contributed by atoms with Crippen LogP contribution in [0.3, 0.4) is 0 Å². The summed E-state index contributed by atoms with van der Waals surface area (Å²) in [7, 11) is 0. The van der Waals surface area contributed by atoms with Gasteiger partial charge in [-0.05, 0) is 40.5 Å². The Kier molecular flexibility index (Phi) is 5.02. The topological polar surface area (TPSA) is 106 Å². The number of aliphatic hydroxyl groups excluding tert-OH is 1. The second-order valence-electron chi connectivity index (χ2n) is 4.97. The number of amides is 1. The number of hydrogen-bond donors (Lipinski definition) is 2. The van der Waals surface area contributed by atoms with Gasteiger partial charge in [0.05, 0.1) is 16.3 Å². The van der Waals surface area contributed by atoms with Crippen LogP contribution in [0.4, 0.5) is 0 Å². The van der Waals surface area contributed by atoms with E-state index in [0.717, 1.165) is 0 Å². The lowest BCUT2D eigenvalue weighted by molar-refractivity contribution is 0.0935. The maximum atomic E-state index is 12.2. The zero-order valence-corrected chi connectivity index (χ0v) is 14.0. The molecule has 24 heavy (non-hydrogen) atoms. The van der Waals surface area contributed by atoms with Crippen LogP contribution in [0.1, 0.15) is 28.6 Å². The van der Waals surface area contributed by atoms with Crippen molar-refractivity contribution in [1.82, 2.24) is 25.1 Å². The summed E-state index contributed by atoms with van der Waals surface area (Å²) in [6.45, 7) is 0.311. The minimum atomic E-state index is -0.749. The molecule has 0 radical (unpaired) electrons. The van der Waals surface area contributed by atoms with E-state index in [2.05, 4.69) is 36.4 Å². The summed E-state index contributed by atoms with van der Waals surface area (Å²) in [5.74, 6) is 0.793. The second kappa shape index (κ2) is 7.37. The van der Waals surface area contributed by atoms with Gasteiger partial charge in [0, 0.05) is 12.7 Å². The number of nitrogens with one attached hydrogen (secondary N) is 1. The Labute approximate surface area is 145 Å². The molecular formula is C15H14BrN5O3. The number of aromatic nitrogens is 4. The SMILES string of the molecule is O=C(NCCC(O)c1ccco1)c1cnc(-n2cnnc2)c(Br)c1. The molecule has 8 nitrogen and oxygen atoms in total. The van der Waals surface area contributed by atoms with E-state index < -0.39 is 6.10 Å². The molecule has 1 amide bonds. The van der Waals surface area contributed by atoms with E-state index in [1.54, 1.807) is 22.8 Å². The molecule has 0 bridgehead atoms. The lowest BCUT2D eigenvalue weighted by atomic mass is 10.2. The molecule has 0 aromatic carbocycles. The first-order valence-electron chi connectivity index (χ1n) is 7.15. The zero-order valence-electron chi connectivity index (χ0n) is 12.5. The van der Waals surface area contributed by atoms with Gasteiger partial charge in [0.25, 0.3) is 5.91 Å². The van der Waals surface area contributed by atoms with Gasteiger partial charge in [0.15, 0.2) is 5.82 Å². The number of carbonyl (C=O) groups excluding carboxylic acids is 1. The summed E-state index contributed by atoms with van der Waals surface area (Å²) < 4.78 is 7.38. The number of halogens is 1. The van der Waals surface area contributed by atoms with Crippen molar-refractivity contribution in [3.05, 3.63) is 59.1 Å². The molecule has 3 aromatic rings. The lowest BCUT2D eigenvalue weighted by Crippen LogP contribution is -2.25. The largest absolute Gasteiger partial charge is 0.467 e. The van der Waals surface area contributed by atoms with Crippen LogP contribution >= 0.6 is 15.9 Å². The zero-order chi connectivity index (χ0) is 16.9. The smallest absolute Gasteiger partial charge is 0.252 e. The molecule has 9 heteroatoms. The molecule has 0 aliphatic carbocycles. The van der Waals surface area contributed by atoms with E-state index in [0.29, 0.717) is 34.6 Å².